The first-order valence-electron chi connectivity index (χ1n) is 2.93. The summed E-state index contributed by atoms with van der Waals surface area (Å²) >= 11 is 0. The maximum absolute atomic E-state index is 10.5. The number of hydrogen-bond donors (Lipinski definition) is 2. The second-order valence-electron chi connectivity index (χ2n) is 1.54. The van der Waals surface area contributed by atoms with Gasteiger partial charge in [0.1, 0.15) is 6.61 Å². The van der Waals surface area contributed by atoms with E-state index in [1.165, 1.54) is 6.08 Å². The van der Waals surface area contributed by atoms with Crippen LogP contribution in [-0.4, -0.2) is 31.0 Å². The molecule has 0 radical (unpaired) electrons. The quantitative estimate of drug-likeness (QED) is 0.543. The molecule has 0 fully saturated rings. The van der Waals surface area contributed by atoms with Crippen molar-refractivity contribution in [3.63, 3.8) is 0 Å². The topological polar surface area (TPSA) is 58.6 Å². The maximum atomic E-state index is 10.5. The van der Waals surface area contributed by atoms with Crippen molar-refractivity contribution < 1.29 is 14.6 Å². The number of alkyl carbamates (subject to hydrolysis) is 1. The van der Waals surface area contributed by atoms with Gasteiger partial charge >= 0.3 is 6.09 Å². The zero-order valence-electron chi connectivity index (χ0n) is 5.67. The summed E-state index contributed by atoms with van der Waals surface area (Å²) in [6, 6.07) is 0. The van der Waals surface area contributed by atoms with Gasteiger partial charge < -0.3 is 15.2 Å². The average Bonchev–Trinajstić information content (AvgIpc) is 1.97. The Morgan fingerprint density at radius 2 is 2.50 bits per heavy atom. The summed E-state index contributed by atoms with van der Waals surface area (Å²) in [4.78, 5) is 10.5. The monoisotopic (exact) mass is 145 g/mol. The van der Waals surface area contributed by atoms with E-state index in [1.807, 2.05) is 0 Å². The van der Waals surface area contributed by atoms with E-state index < -0.39 is 6.09 Å². The molecule has 0 saturated heterocycles. The van der Waals surface area contributed by atoms with Gasteiger partial charge in [0.05, 0.1) is 6.61 Å². The van der Waals surface area contributed by atoms with Crippen LogP contribution in [0.3, 0.4) is 0 Å². The van der Waals surface area contributed by atoms with Gasteiger partial charge in [-0.1, -0.05) is 12.7 Å². The van der Waals surface area contributed by atoms with E-state index in [4.69, 9.17) is 5.11 Å². The first kappa shape index (κ1) is 8.97. The lowest BCUT2D eigenvalue weighted by molar-refractivity contribution is 0.155. The third-order valence-electron chi connectivity index (χ3n) is 0.713. The Bertz CT molecular complexity index is 114. The molecule has 4 heteroatoms. The molecule has 0 spiro atoms. The van der Waals surface area contributed by atoms with E-state index in [2.05, 4.69) is 16.6 Å². The Balaban J connectivity index is 3.16. The van der Waals surface area contributed by atoms with E-state index in [-0.39, 0.29) is 19.8 Å². The molecule has 0 aliphatic heterocycles. The van der Waals surface area contributed by atoms with Crippen molar-refractivity contribution in [1.82, 2.24) is 5.32 Å². The Kier molecular flexibility index (Phi) is 5.47. The molecule has 0 aromatic carbocycles. The summed E-state index contributed by atoms with van der Waals surface area (Å²) in [5.74, 6) is 0. The summed E-state index contributed by atoms with van der Waals surface area (Å²) in [6.45, 7) is 3.69. The summed E-state index contributed by atoms with van der Waals surface area (Å²) in [6.07, 6.45) is 0.937. The lowest BCUT2D eigenvalue weighted by Gasteiger charge is -2.01. The van der Waals surface area contributed by atoms with Crippen LogP contribution < -0.4 is 5.32 Å². The Morgan fingerprint density at radius 1 is 1.80 bits per heavy atom. The average molecular weight is 145 g/mol. The summed E-state index contributed by atoms with van der Waals surface area (Å²) in [5.41, 5.74) is 0. The predicted molar refractivity (Wildman–Crippen MR) is 36.6 cm³/mol. The highest BCUT2D eigenvalue weighted by molar-refractivity contribution is 5.67. The first-order chi connectivity index (χ1) is 4.81. The molecule has 1 amide bonds. The molecule has 0 saturated carbocycles. The van der Waals surface area contributed by atoms with Crippen LogP contribution in [-0.2, 0) is 4.74 Å². The molecule has 0 bridgehead atoms. The second-order valence-corrected chi connectivity index (χ2v) is 1.54. The van der Waals surface area contributed by atoms with Crippen LogP contribution in [0.5, 0.6) is 0 Å². The molecular weight excluding hydrogens is 134 g/mol. The van der Waals surface area contributed by atoms with Crippen LogP contribution in [0.15, 0.2) is 12.7 Å². The van der Waals surface area contributed by atoms with Crippen molar-refractivity contribution in [2.45, 2.75) is 0 Å². The molecule has 0 heterocycles. The van der Waals surface area contributed by atoms with Crippen LogP contribution in [0, 0.1) is 0 Å². The minimum absolute atomic E-state index is 0.0802. The summed E-state index contributed by atoms with van der Waals surface area (Å²) in [5, 5.41) is 10.6. The van der Waals surface area contributed by atoms with Gasteiger partial charge in [-0.25, -0.2) is 4.79 Å². The highest BCUT2D eigenvalue weighted by Crippen LogP contribution is 1.76. The number of nitrogens with one attached hydrogen (secondary N) is 1. The van der Waals surface area contributed by atoms with E-state index in [0.717, 1.165) is 0 Å². The van der Waals surface area contributed by atoms with Gasteiger partial charge in [0.15, 0.2) is 0 Å². The van der Waals surface area contributed by atoms with Crippen LogP contribution in [0.4, 0.5) is 4.79 Å². The zero-order valence-corrected chi connectivity index (χ0v) is 5.67. The van der Waals surface area contributed by atoms with Crippen LogP contribution in [0.2, 0.25) is 0 Å². The molecule has 0 aromatic heterocycles. The third kappa shape index (κ3) is 5.11. The molecule has 0 unspecified atom stereocenters. The Labute approximate surface area is 59.5 Å². The van der Waals surface area contributed by atoms with E-state index in [0.29, 0.717) is 0 Å². The van der Waals surface area contributed by atoms with Gasteiger partial charge in [0.25, 0.3) is 0 Å². The highest BCUT2D eigenvalue weighted by Gasteiger charge is 1.95. The van der Waals surface area contributed by atoms with Gasteiger partial charge in [0, 0.05) is 6.54 Å². The molecule has 10 heavy (non-hydrogen) atoms. The molecule has 4 nitrogen and oxygen atoms in total. The van der Waals surface area contributed by atoms with E-state index in [9.17, 15) is 4.79 Å². The van der Waals surface area contributed by atoms with Crippen molar-refractivity contribution in [2.24, 2.45) is 0 Å². The number of carbonyl (C=O) groups excluding carboxylic acids is 1. The molecule has 2 N–H and O–H groups in total. The second kappa shape index (κ2) is 6.10. The summed E-state index contributed by atoms with van der Waals surface area (Å²) in [7, 11) is 0. The highest BCUT2D eigenvalue weighted by atomic mass is 16.5. The van der Waals surface area contributed by atoms with Crippen LogP contribution in [0.1, 0.15) is 0 Å². The minimum Gasteiger partial charge on any atom is -0.445 e. The number of aliphatic hydroxyl groups is 1. The molecular formula is C6H11NO3. The molecule has 0 rings (SSSR count). The zero-order chi connectivity index (χ0) is 7.82. The number of ether oxygens (including phenoxy) is 1. The molecule has 0 aliphatic rings. The smallest absolute Gasteiger partial charge is 0.407 e. The van der Waals surface area contributed by atoms with Gasteiger partial charge in [-0.3, -0.25) is 0 Å². The van der Waals surface area contributed by atoms with Crippen molar-refractivity contribution in [3.05, 3.63) is 12.7 Å². The molecule has 0 aromatic rings. The van der Waals surface area contributed by atoms with Crippen molar-refractivity contribution in [2.75, 3.05) is 19.8 Å². The van der Waals surface area contributed by atoms with Gasteiger partial charge in [-0.15, -0.1) is 0 Å². The fraction of sp³-hybridized carbons (Fsp3) is 0.500. The maximum Gasteiger partial charge on any atom is 0.407 e. The molecule has 0 atom stereocenters. The number of hydrogen-bond acceptors (Lipinski definition) is 3. The van der Waals surface area contributed by atoms with Crippen molar-refractivity contribution in [1.29, 1.82) is 0 Å². The largest absolute Gasteiger partial charge is 0.445 e. The molecule has 58 valence electrons. The Morgan fingerprint density at radius 3 is 3.00 bits per heavy atom. The number of amides is 1. The molecule has 0 aliphatic carbocycles. The van der Waals surface area contributed by atoms with Crippen LogP contribution >= 0.6 is 0 Å². The summed E-state index contributed by atoms with van der Waals surface area (Å²) < 4.78 is 4.51. The first-order valence-corrected chi connectivity index (χ1v) is 2.93. The SMILES string of the molecule is C=CCOC(=O)NCCO. The predicted octanol–water partition coefficient (Wildman–Crippen LogP) is -0.109. The minimum atomic E-state index is -0.533. The van der Waals surface area contributed by atoms with Gasteiger partial charge in [-0.2, -0.15) is 0 Å². The third-order valence-corrected chi connectivity index (χ3v) is 0.713. The van der Waals surface area contributed by atoms with Gasteiger partial charge in [-0.05, 0) is 0 Å². The fourth-order valence-corrected chi connectivity index (χ4v) is 0.344. The fourth-order valence-electron chi connectivity index (χ4n) is 0.344. The number of rotatable bonds is 4. The number of carbonyl (C=O) groups is 1. The van der Waals surface area contributed by atoms with E-state index in [1.54, 1.807) is 0 Å². The van der Waals surface area contributed by atoms with E-state index >= 15 is 0 Å². The number of aliphatic hydroxyl groups excluding tert-OH is 1. The standard InChI is InChI=1S/C6H11NO3/c1-2-5-10-6(9)7-3-4-8/h2,8H,1,3-5H2,(H,7,9). The lowest BCUT2D eigenvalue weighted by Crippen LogP contribution is -2.27. The normalized spacial score (nSPS) is 8.50. The van der Waals surface area contributed by atoms with Crippen LogP contribution in [0.25, 0.3) is 0 Å². The lowest BCUT2D eigenvalue weighted by atomic mass is 10.7. The van der Waals surface area contributed by atoms with Crippen molar-refractivity contribution in [3.8, 4) is 0 Å². The van der Waals surface area contributed by atoms with Crippen molar-refractivity contribution >= 4 is 6.09 Å². The van der Waals surface area contributed by atoms with Gasteiger partial charge in [0.2, 0.25) is 0 Å². The Hall–Kier alpha value is -1.03.